The molecule has 0 radical (unpaired) electrons. The number of phenols is 1. The average Bonchev–Trinajstić information content (AvgIpc) is 2.50. The number of ketones is 2. The van der Waals surface area contributed by atoms with E-state index in [9.17, 15) is 24.9 Å². The number of fused-ring (bicyclic) bond motifs is 2. The number of hydrogen-bond donors (Lipinski definition) is 4. The van der Waals surface area contributed by atoms with Gasteiger partial charge in [0.25, 0.3) is 0 Å². The number of benzene rings is 1. The van der Waals surface area contributed by atoms with E-state index in [4.69, 9.17) is 9.84 Å². The largest absolute Gasteiger partial charge is 0.507 e. The van der Waals surface area contributed by atoms with Gasteiger partial charge in [-0.1, -0.05) is 12.1 Å². The van der Waals surface area contributed by atoms with E-state index in [0.29, 0.717) is 0 Å². The summed E-state index contributed by atoms with van der Waals surface area (Å²) in [5.74, 6) is -2.20. The third kappa shape index (κ3) is 1.91. The zero-order valence-electron chi connectivity index (χ0n) is 12.5. The summed E-state index contributed by atoms with van der Waals surface area (Å²) in [5.41, 5.74) is -5.27. The Balaban J connectivity index is 2.20. The van der Waals surface area contributed by atoms with Crippen molar-refractivity contribution in [3.05, 3.63) is 29.3 Å². The molecule has 124 valence electrons. The van der Waals surface area contributed by atoms with Gasteiger partial charge in [-0.15, -0.1) is 0 Å². The van der Waals surface area contributed by atoms with E-state index >= 15 is 0 Å². The van der Waals surface area contributed by atoms with E-state index in [1.165, 1.54) is 25.1 Å². The molecule has 0 bridgehead atoms. The standard InChI is InChI=1S/C16H18O7/c1-8-16(22)14(20)12-10(3-2-4-11(12)18)13(19)15(16,21)7-9(23-8)5-6-17/h2-4,8-9,17-18,21-22H,5-7H2,1H3/t8-,9-,15+,16+/m0/s1. The van der Waals surface area contributed by atoms with Gasteiger partial charge in [-0.05, 0) is 19.4 Å². The van der Waals surface area contributed by atoms with Crippen molar-refractivity contribution < 1.29 is 34.8 Å². The molecule has 4 atom stereocenters. The van der Waals surface area contributed by atoms with Crippen LogP contribution in [0.5, 0.6) is 5.75 Å². The summed E-state index contributed by atoms with van der Waals surface area (Å²) in [6.07, 6.45) is -2.00. The molecule has 2 aliphatic rings. The first-order chi connectivity index (χ1) is 10.8. The van der Waals surface area contributed by atoms with E-state index < -0.39 is 40.7 Å². The Labute approximate surface area is 132 Å². The molecular formula is C16H18O7. The average molecular weight is 322 g/mol. The number of phenolic OH excluding ortho intramolecular Hbond substituents is 1. The molecule has 0 amide bonds. The Morgan fingerprint density at radius 3 is 2.61 bits per heavy atom. The van der Waals surface area contributed by atoms with Crippen LogP contribution in [-0.2, 0) is 4.74 Å². The van der Waals surface area contributed by atoms with Crippen molar-refractivity contribution in [2.45, 2.75) is 43.2 Å². The van der Waals surface area contributed by atoms with E-state index in [-0.39, 0.29) is 30.6 Å². The number of aliphatic hydroxyl groups is 3. The molecule has 0 aromatic heterocycles. The second kappa shape index (κ2) is 5.10. The van der Waals surface area contributed by atoms with Gasteiger partial charge < -0.3 is 25.2 Å². The first kappa shape index (κ1) is 16.1. The van der Waals surface area contributed by atoms with Crippen LogP contribution in [0.3, 0.4) is 0 Å². The third-order valence-corrected chi connectivity index (χ3v) is 4.83. The SMILES string of the molecule is C[C@@H]1O[C@@H](CCO)C[C@@]2(O)C(=O)c3cccc(O)c3C(=O)[C@]12O. The van der Waals surface area contributed by atoms with E-state index in [1.54, 1.807) is 0 Å². The fourth-order valence-electron chi connectivity index (χ4n) is 3.59. The van der Waals surface area contributed by atoms with E-state index in [0.717, 1.165) is 0 Å². The number of Topliss-reactive ketones (excluding diaryl/α,β-unsaturated/α-hetero) is 2. The lowest BCUT2D eigenvalue weighted by atomic mass is 9.61. The molecule has 3 rings (SSSR count). The van der Waals surface area contributed by atoms with Crippen LogP contribution in [0.4, 0.5) is 0 Å². The van der Waals surface area contributed by atoms with Crippen LogP contribution in [0.1, 0.15) is 40.5 Å². The summed E-state index contributed by atoms with van der Waals surface area (Å²) in [7, 11) is 0. The molecule has 1 saturated heterocycles. The third-order valence-electron chi connectivity index (χ3n) is 4.83. The summed E-state index contributed by atoms with van der Waals surface area (Å²) in [6, 6.07) is 3.95. The highest BCUT2D eigenvalue weighted by Gasteiger charge is 2.69. The van der Waals surface area contributed by atoms with Gasteiger partial charge in [0.2, 0.25) is 5.78 Å². The highest BCUT2D eigenvalue weighted by Crippen LogP contribution is 2.47. The zero-order chi connectivity index (χ0) is 17.0. The Morgan fingerprint density at radius 1 is 1.26 bits per heavy atom. The van der Waals surface area contributed by atoms with Crippen LogP contribution in [-0.4, -0.2) is 62.0 Å². The second-order valence-corrected chi connectivity index (χ2v) is 6.10. The smallest absolute Gasteiger partial charge is 0.205 e. The van der Waals surface area contributed by atoms with Gasteiger partial charge in [0, 0.05) is 18.6 Å². The van der Waals surface area contributed by atoms with Crippen molar-refractivity contribution in [1.29, 1.82) is 0 Å². The zero-order valence-corrected chi connectivity index (χ0v) is 12.5. The van der Waals surface area contributed by atoms with Gasteiger partial charge in [0.15, 0.2) is 17.0 Å². The highest BCUT2D eigenvalue weighted by atomic mass is 16.5. The molecule has 0 unspecified atom stereocenters. The fraction of sp³-hybridized carbons (Fsp3) is 0.500. The molecule has 0 spiro atoms. The van der Waals surface area contributed by atoms with Gasteiger partial charge in [-0.2, -0.15) is 0 Å². The highest BCUT2D eigenvalue weighted by molar-refractivity contribution is 6.23. The number of carbonyl (C=O) groups excluding carboxylic acids is 2. The summed E-state index contributed by atoms with van der Waals surface area (Å²) in [5, 5.41) is 40.8. The van der Waals surface area contributed by atoms with Crippen molar-refractivity contribution in [2.24, 2.45) is 0 Å². The molecular weight excluding hydrogens is 304 g/mol. The first-order valence-corrected chi connectivity index (χ1v) is 7.40. The lowest BCUT2D eigenvalue weighted by Gasteiger charge is -2.52. The van der Waals surface area contributed by atoms with Crippen LogP contribution in [0.15, 0.2) is 18.2 Å². The summed E-state index contributed by atoms with van der Waals surface area (Å²) in [4.78, 5) is 25.5. The maximum atomic E-state index is 12.8. The number of ether oxygens (including phenoxy) is 1. The molecule has 1 heterocycles. The van der Waals surface area contributed by atoms with E-state index in [2.05, 4.69) is 0 Å². The minimum Gasteiger partial charge on any atom is -0.507 e. The monoisotopic (exact) mass is 322 g/mol. The molecule has 1 fully saturated rings. The molecule has 7 heteroatoms. The lowest BCUT2D eigenvalue weighted by molar-refractivity contribution is -0.228. The van der Waals surface area contributed by atoms with Crippen molar-refractivity contribution in [1.82, 2.24) is 0 Å². The van der Waals surface area contributed by atoms with Crippen LogP contribution in [0.25, 0.3) is 0 Å². The molecule has 23 heavy (non-hydrogen) atoms. The quantitative estimate of drug-likeness (QED) is 0.594. The predicted octanol–water partition coefficient (Wildman–Crippen LogP) is -0.207. The van der Waals surface area contributed by atoms with Crippen molar-refractivity contribution in [3.63, 3.8) is 0 Å². The predicted molar refractivity (Wildman–Crippen MR) is 77.3 cm³/mol. The number of aromatic hydroxyl groups is 1. The van der Waals surface area contributed by atoms with Gasteiger partial charge in [0.1, 0.15) is 5.75 Å². The van der Waals surface area contributed by atoms with Crippen LogP contribution in [0, 0.1) is 0 Å². The molecule has 1 aliphatic carbocycles. The molecule has 4 N–H and O–H groups in total. The molecule has 0 saturated carbocycles. The number of aliphatic hydroxyl groups excluding tert-OH is 1. The van der Waals surface area contributed by atoms with Gasteiger partial charge in [-0.3, -0.25) is 9.59 Å². The van der Waals surface area contributed by atoms with Crippen molar-refractivity contribution in [2.75, 3.05) is 6.61 Å². The second-order valence-electron chi connectivity index (χ2n) is 6.10. The normalized spacial score (nSPS) is 36.5. The Morgan fingerprint density at radius 2 is 1.96 bits per heavy atom. The van der Waals surface area contributed by atoms with E-state index in [1.807, 2.05) is 0 Å². The molecule has 1 aliphatic heterocycles. The van der Waals surface area contributed by atoms with Crippen LogP contribution in [0.2, 0.25) is 0 Å². The minimum absolute atomic E-state index is 0.126. The summed E-state index contributed by atoms with van der Waals surface area (Å²) < 4.78 is 5.51. The topological polar surface area (TPSA) is 124 Å². The lowest BCUT2D eigenvalue weighted by Crippen LogP contribution is -2.75. The Bertz CT molecular complexity index is 685. The Hall–Kier alpha value is -1.80. The summed E-state index contributed by atoms with van der Waals surface area (Å²) >= 11 is 0. The van der Waals surface area contributed by atoms with Crippen LogP contribution >= 0.6 is 0 Å². The van der Waals surface area contributed by atoms with Gasteiger partial charge >= 0.3 is 0 Å². The Kier molecular flexibility index (Phi) is 3.57. The molecule has 1 aromatic carbocycles. The van der Waals surface area contributed by atoms with Crippen molar-refractivity contribution in [3.8, 4) is 5.75 Å². The molecule has 1 aromatic rings. The number of rotatable bonds is 2. The maximum Gasteiger partial charge on any atom is 0.205 e. The first-order valence-electron chi connectivity index (χ1n) is 7.40. The van der Waals surface area contributed by atoms with Gasteiger partial charge in [0.05, 0.1) is 17.8 Å². The number of carbonyl (C=O) groups is 2. The number of hydrogen-bond acceptors (Lipinski definition) is 7. The van der Waals surface area contributed by atoms with Crippen molar-refractivity contribution >= 4 is 11.6 Å². The fourth-order valence-corrected chi connectivity index (χ4v) is 3.59. The summed E-state index contributed by atoms with van der Waals surface area (Å²) in [6.45, 7) is 1.16. The van der Waals surface area contributed by atoms with Crippen LogP contribution < -0.4 is 0 Å². The van der Waals surface area contributed by atoms with Gasteiger partial charge in [-0.25, -0.2) is 0 Å². The minimum atomic E-state index is -2.48. The maximum absolute atomic E-state index is 12.8. The molecule has 7 nitrogen and oxygen atoms in total.